The maximum Gasteiger partial charge on any atom is 0.169 e. The molecule has 0 amide bonds. The summed E-state index contributed by atoms with van der Waals surface area (Å²) in [7, 11) is 0. The van der Waals surface area contributed by atoms with Gasteiger partial charge in [-0.2, -0.15) is 0 Å². The zero-order chi connectivity index (χ0) is 9.84. The van der Waals surface area contributed by atoms with Crippen LogP contribution in [-0.4, -0.2) is 22.1 Å². The largest absolute Gasteiger partial charge is 0.507 e. The van der Waals surface area contributed by atoms with Crippen LogP contribution in [-0.2, 0) is 0 Å². The topological polar surface area (TPSA) is 57.5 Å². The lowest BCUT2D eigenvalue weighted by Crippen LogP contribution is -2.09. The molecule has 1 atom stereocenters. The molecule has 0 aliphatic heterocycles. The van der Waals surface area contributed by atoms with E-state index in [0.717, 1.165) is 0 Å². The van der Waals surface area contributed by atoms with Crippen molar-refractivity contribution in [1.29, 1.82) is 0 Å². The number of carbonyl (C=O) groups is 1. The smallest absolute Gasteiger partial charge is 0.169 e. The van der Waals surface area contributed by atoms with Gasteiger partial charge in [-0.05, 0) is 19.1 Å². The van der Waals surface area contributed by atoms with Crippen molar-refractivity contribution in [2.45, 2.75) is 19.4 Å². The second-order valence-corrected chi connectivity index (χ2v) is 2.99. The van der Waals surface area contributed by atoms with E-state index in [1.54, 1.807) is 18.2 Å². The van der Waals surface area contributed by atoms with Gasteiger partial charge in [-0.3, -0.25) is 4.79 Å². The van der Waals surface area contributed by atoms with Crippen LogP contribution >= 0.6 is 0 Å². The Hall–Kier alpha value is -1.35. The lowest BCUT2D eigenvalue weighted by molar-refractivity contribution is 0.0899. The average molecular weight is 180 g/mol. The molecule has 70 valence electrons. The Kier molecular flexibility index (Phi) is 3.03. The summed E-state index contributed by atoms with van der Waals surface area (Å²) >= 11 is 0. The molecular formula is C10H12O3. The number of hydrogen-bond acceptors (Lipinski definition) is 3. The Balaban J connectivity index is 2.83. The van der Waals surface area contributed by atoms with Crippen LogP contribution in [0.4, 0.5) is 0 Å². The van der Waals surface area contributed by atoms with Gasteiger partial charge in [0.2, 0.25) is 0 Å². The Morgan fingerprint density at radius 2 is 2.08 bits per heavy atom. The van der Waals surface area contributed by atoms with Crippen molar-refractivity contribution in [1.82, 2.24) is 0 Å². The van der Waals surface area contributed by atoms with Crippen LogP contribution in [0, 0.1) is 0 Å². The van der Waals surface area contributed by atoms with Crippen molar-refractivity contribution in [2.24, 2.45) is 0 Å². The molecule has 3 nitrogen and oxygen atoms in total. The number of rotatable bonds is 3. The Morgan fingerprint density at radius 3 is 2.62 bits per heavy atom. The number of carbonyl (C=O) groups excluding carboxylic acids is 1. The second-order valence-electron chi connectivity index (χ2n) is 2.99. The number of aliphatic hydroxyl groups excluding tert-OH is 1. The molecule has 0 spiro atoms. The van der Waals surface area contributed by atoms with Gasteiger partial charge >= 0.3 is 0 Å². The van der Waals surface area contributed by atoms with E-state index in [0.29, 0.717) is 0 Å². The number of phenols is 1. The number of Topliss-reactive ketones (excluding diaryl/α,β-unsaturated/α-hetero) is 1. The molecule has 0 heterocycles. The van der Waals surface area contributed by atoms with E-state index >= 15 is 0 Å². The molecule has 0 aromatic heterocycles. The Morgan fingerprint density at radius 1 is 1.46 bits per heavy atom. The third-order valence-corrected chi connectivity index (χ3v) is 1.69. The third-order valence-electron chi connectivity index (χ3n) is 1.69. The van der Waals surface area contributed by atoms with E-state index in [1.807, 2.05) is 0 Å². The number of benzene rings is 1. The number of aromatic hydroxyl groups is 1. The summed E-state index contributed by atoms with van der Waals surface area (Å²) in [6, 6.07) is 6.32. The highest BCUT2D eigenvalue weighted by Crippen LogP contribution is 2.17. The maximum absolute atomic E-state index is 11.4. The minimum Gasteiger partial charge on any atom is -0.507 e. The summed E-state index contributed by atoms with van der Waals surface area (Å²) in [5.41, 5.74) is 0.267. The van der Waals surface area contributed by atoms with Crippen molar-refractivity contribution in [3.63, 3.8) is 0 Å². The molecule has 1 aromatic carbocycles. The van der Waals surface area contributed by atoms with Gasteiger partial charge in [-0.15, -0.1) is 0 Å². The van der Waals surface area contributed by atoms with Crippen LogP contribution in [0.15, 0.2) is 24.3 Å². The summed E-state index contributed by atoms with van der Waals surface area (Å²) in [6.07, 6.45) is -0.635. The Labute approximate surface area is 76.6 Å². The van der Waals surface area contributed by atoms with Gasteiger partial charge in [0.25, 0.3) is 0 Å². The summed E-state index contributed by atoms with van der Waals surface area (Å²) in [6.45, 7) is 1.54. The van der Waals surface area contributed by atoms with Crippen LogP contribution in [0.3, 0.4) is 0 Å². The van der Waals surface area contributed by atoms with Crippen LogP contribution < -0.4 is 0 Å². The molecule has 13 heavy (non-hydrogen) atoms. The average Bonchev–Trinajstić information content (AvgIpc) is 2.03. The molecule has 1 rings (SSSR count). The van der Waals surface area contributed by atoms with Crippen LogP contribution in [0.2, 0.25) is 0 Å². The lowest BCUT2D eigenvalue weighted by atomic mass is 10.1. The number of phenolic OH excluding ortho intramolecular Hbond substituents is 1. The summed E-state index contributed by atoms with van der Waals surface area (Å²) in [5, 5.41) is 18.3. The highest BCUT2D eigenvalue weighted by Gasteiger charge is 2.12. The second kappa shape index (κ2) is 4.05. The Bertz CT molecular complexity index is 305. The molecule has 0 unspecified atom stereocenters. The van der Waals surface area contributed by atoms with Gasteiger partial charge in [0.05, 0.1) is 11.7 Å². The van der Waals surface area contributed by atoms with E-state index < -0.39 is 6.10 Å². The fraction of sp³-hybridized carbons (Fsp3) is 0.300. The van der Waals surface area contributed by atoms with E-state index in [1.165, 1.54) is 13.0 Å². The van der Waals surface area contributed by atoms with Crippen molar-refractivity contribution < 1.29 is 15.0 Å². The molecule has 0 fully saturated rings. The molecule has 3 heteroatoms. The zero-order valence-electron chi connectivity index (χ0n) is 7.40. The first-order chi connectivity index (χ1) is 6.11. The molecule has 0 aliphatic carbocycles. The van der Waals surface area contributed by atoms with E-state index in [4.69, 9.17) is 5.11 Å². The molecule has 1 aromatic rings. The number of para-hydroxylation sites is 1. The van der Waals surface area contributed by atoms with E-state index in [9.17, 15) is 9.90 Å². The quantitative estimate of drug-likeness (QED) is 0.690. The molecule has 0 saturated carbocycles. The van der Waals surface area contributed by atoms with Gasteiger partial charge in [-0.1, -0.05) is 12.1 Å². The third kappa shape index (κ3) is 2.56. The van der Waals surface area contributed by atoms with Gasteiger partial charge in [-0.25, -0.2) is 0 Å². The molecule has 2 N–H and O–H groups in total. The fourth-order valence-corrected chi connectivity index (χ4v) is 1.09. The van der Waals surface area contributed by atoms with Crippen molar-refractivity contribution in [2.75, 3.05) is 0 Å². The first-order valence-electron chi connectivity index (χ1n) is 4.10. The highest BCUT2D eigenvalue weighted by atomic mass is 16.3. The standard InChI is InChI=1S/C10H12O3/c1-7(11)6-10(13)8-4-2-3-5-9(8)12/h2-5,7,11-12H,6H2,1H3/t7-/m0/s1. The molecule has 0 radical (unpaired) electrons. The molecular weight excluding hydrogens is 168 g/mol. The minimum atomic E-state index is -0.674. The normalized spacial score (nSPS) is 12.5. The lowest BCUT2D eigenvalue weighted by Gasteiger charge is -2.04. The van der Waals surface area contributed by atoms with Gasteiger partial charge in [0.1, 0.15) is 5.75 Å². The highest BCUT2D eigenvalue weighted by molar-refractivity contribution is 5.98. The monoisotopic (exact) mass is 180 g/mol. The van der Waals surface area contributed by atoms with Crippen molar-refractivity contribution in [3.8, 4) is 5.75 Å². The van der Waals surface area contributed by atoms with Gasteiger partial charge in [0, 0.05) is 6.42 Å². The number of hydrogen-bond donors (Lipinski definition) is 2. The van der Waals surface area contributed by atoms with E-state index in [-0.39, 0.29) is 23.5 Å². The van der Waals surface area contributed by atoms with Crippen LogP contribution in [0.25, 0.3) is 0 Å². The number of aliphatic hydroxyl groups is 1. The summed E-state index contributed by atoms with van der Waals surface area (Å²) in [5.74, 6) is -0.277. The minimum absolute atomic E-state index is 0.0341. The zero-order valence-corrected chi connectivity index (χ0v) is 7.40. The predicted molar refractivity (Wildman–Crippen MR) is 48.7 cm³/mol. The van der Waals surface area contributed by atoms with Crippen molar-refractivity contribution in [3.05, 3.63) is 29.8 Å². The summed E-state index contributed by atoms with van der Waals surface area (Å²) < 4.78 is 0. The van der Waals surface area contributed by atoms with Gasteiger partial charge in [0.15, 0.2) is 5.78 Å². The van der Waals surface area contributed by atoms with Gasteiger partial charge < -0.3 is 10.2 Å². The van der Waals surface area contributed by atoms with Crippen molar-refractivity contribution >= 4 is 5.78 Å². The molecule has 0 aliphatic rings. The predicted octanol–water partition coefficient (Wildman–Crippen LogP) is 1.35. The first-order valence-corrected chi connectivity index (χ1v) is 4.10. The fourth-order valence-electron chi connectivity index (χ4n) is 1.09. The maximum atomic E-state index is 11.4. The first kappa shape index (κ1) is 9.74. The SMILES string of the molecule is C[C@H](O)CC(=O)c1ccccc1O. The number of ketones is 1. The molecule has 0 bridgehead atoms. The van der Waals surface area contributed by atoms with Crippen LogP contribution in [0.1, 0.15) is 23.7 Å². The van der Waals surface area contributed by atoms with Crippen LogP contribution in [0.5, 0.6) is 5.75 Å². The van der Waals surface area contributed by atoms with E-state index in [2.05, 4.69) is 0 Å². The molecule has 0 saturated heterocycles. The summed E-state index contributed by atoms with van der Waals surface area (Å²) in [4.78, 5) is 11.4.